The number of piperidine rings is 1. The van der Waals surface area contributed by atoms with E-state index in [9.17, 15) is 13.2 Å². The first-order valence-corrected chi connectivity index (χ1v) is 15.2. The lowest BCUT2D eigenvalue weighted by Crippen LogP contribution is -2.58. The van der Waals surface area contributed by atoms with Crippen molar-refractivity contribution in [2.45, 2.75) is 45.1 Å². The summed E-state index contributed by atoms with van der Waals surface area (Å²) in [5.74, 6) is -2.18. The number of hydrogen-bond acceptors (Lipinski definition) is 7. The van der Waals surface area contributed by atoms with Crippen LogP contribution in [0.2, 0.25) is 0 Å². The first-order chi connectivity index (χ1) is 19.1. The van der Waals surface area contributed by atoms with Crippen LogP contribution in [-0.2, 0) is 19.7 Å². The molecule has 42 heavy (non-hydrogen) atoms. The van der Waals surface area contributed by atoms with E-state index in [2.05, 4.69) is 22.4 Å². The SMILES string of the molecule is C/C=C/c1c(NS(=O)(=O)CC(=O)O)cccc1-c1cccc(C(=N)NOC2(C3=NCCCC3)CCNCC2C)c1.Cl.Cl. The molecule has 2 aliphatic rings. The summed E-state index contributed by atoms with van der Waals surface area (Å²) >= 11 is 0. The first-order valence-electron chi connectivity index (χ1n) is 13.5. The number of nitrogens with one attached hydrogen (secondary N) is 4. The topological polar surface area (TPSA) is 153 Å². The highest BCUT2D eigenvalue weighted by molar-refractivity contribution is 7.93. The van der Waals surface area contributed by atoms with E-state index < -0.39 is 27.3 Å². The van der Waals surface area contributed by atoms with Crippen molar-refractivity contribution in [1.82, 2.24) is 10.8 Å². The van der Waals surface area contributed by atoms with Crippen molar-refractivity contribution in [2.75, 3.05) is 30.1 Å². The lowest BCUT2D eigenvalue weighted by Gasteiger charge is -2.43. The summed E-state index contributed by atoms with van der Waals surface area (Å²) in [6, 6.07) is 12.5. The molecule has 2 aromatic rings. The molecule has 10 nitrogen and oxygen atoms in total. The van der Waals surface area contributed by atoms with Gasteiger partial charge in [0.1, 0.15) is 11.4 Å². The molecule has 1 saturated heterocycles. The molecule has 0 aromatic heterocycles. The van der Waals surface area contributed by atoms with Gasteiger partial charge in [-0.3, -0.25) is 24.8 Å². The van der Waals surface area contributed by atoms with Gasteiger partial charge in [0, 0.05) is 35.8 Å². The molecular weight excluding hydrogens is 601 g/mol. The van der Waals surface area contributed by atoms with Crippen molar-refractivity contribution < 1.29 is 23.2 Å². The Kier molecular flexibility index (Phi) is 13.0. The third kappa shape index (κ3) is 8.32. The number of allylic oxidation sites excluding steroid dienone is 1. The molecule has 2 aromatic carbocycles. The number of hydroxylamine groups is 1. The number of rotatable bonds is 10. The molecule has 2 unspecified atom stereocenters. The zero-order valence-electron chi connectivity index (χ0n) is 23.7. The summed E-state index contributed by atoms with van der Waals surface area (Å²) in [7, 11) is -4.09. The minimum atomic E-state index is -4.09. The molecule has 0 amide bonds. The highest BCUT2D eigenvalue weighted by Gasteiger charge is 2.45. The van der Waals surface area contributed by atoms with Crippen LogP contribution in [0.1, 0.15) is 50.7 Å². The number of nitrogens with zero attached hydrogens (tertiary/aromatic N) is 1. The van der Waals surface area contributed by atoms with E-state index in [0.29, 0.717) is 11.1 Å². The highest BCUT2D eigenvalue weighted by atomic mass is 35.5. The van der Waals surface area contributed by atoms with Crippen LogP contribution in [0.5, 0.6) is 0 Å². The molecule has 0 aliphatic carbocycles. The Morgan fingerprint density at radius 2 is 2.00 bits per heavy atom. The second kappa shape index (κ2) is 15.5. The second-order valence-electron chi connectivity index (χ2n) is 10.2. The van der Waals surface area contributed by atoms with E-state index in [4.69, 9.17) is 20.3 Å². The monoisotopic (exact) mass is 639 g/mol. The number of carboxylic acid groups (broad SMARTS) is 1. The standard InChI is InChI=1S/C29H37N5O5S.2ClH/c1-3-8-24-23(11-7-12-25(24)34-40(37,38)19-27(35)36)21-9-6-10-22(17-21)28(30)33-39-29(14-16-31-18-20(29)2)26-13-4-5-15-32-26;;/h3,6-12,17,20,31,34H,4-5,13-16,18-19H2,1-2H3,(H2,30,33)(H,35,36);2*1H/b8-3+;;. The average Bonchev–Trinajstić information content (AvgIpc) is 2.93. The summed E-state index contributed by atoms with van der Waals surface area (Å²) in [5, 5.41) is 21.2. The Balaban J connectivity index is 0.00000308. The fraction of sp³-hybridized carbons (Fsp3) is 0.414. The lowest BCUT2D eigenvalue weighted by molar-refractivity contribution is -0.134. The van der Waals surface area contributed by atoms with Crippen molar-refractivity contribution in [1.29, 1.82) is 5.41 Å². The number of amidine groups is 1. The van der Waals surface area contributed by atoms with Crippen LogP contribution in [0.15, 0.2) is 53.5 Å². The van der Waals surface area contributed by atoms with Gasteiger partial charge >= 0.3 is 5.97 Å². The zero-order chi connectivity index (χ0) is 28.8. The van der Waals surface area contributed by atoms with Gasteiger partial charge in [0.2, 0.25) is 10.0 Å². The fourth-order valence-electron chi connectivity index (χ4n) is 5.35. The third-order valence-electron chi connectivity index (χ3n) is 7.35. The molecule has 5 N–H and O–H groups in total. The van der Waals surface area contributed by atoms with Crippen molar-refractivity contribution in [3.8, 4) is 11.1 Å². The summed E-state index contributed by atoms with van der Waals surface area (Å²) in [4.78, 5) is 22.2. The normalized spacial score (nSPS) is 20.5. The van der Waals surface area contributed by atoms with Gasteiger partial charge in [0.25, 0.3) is 0 Å². The van der Waals surface area contributed by atoms with E-state index >= 15 is 0 Å². The van der Waals surface area contributed by atoms with Crippen LogP contribution in [0.3, 0.4) is 0 Å². The van der Waals surface area contributed by atoms with Gasteiger partial charge < -0.3 is 10.4 Å². The largest absolute Gasteiger partial charge is 0.480 e. The smallest absolute Gasteiger partial charge is 0.320 e. The van der Waals surface area contributed by atoms with Gasteiger partial charge in [0.15, 0.2) is 5.75 Å². The van der Waals surface area contributed by atoms with E-state index in [0.717, 1.165) is 62.2 Å². The van der Waals surface area contributed by atoms with Gasteiger partial charge in [-0.05, 0) is 62.4 Å². The predicted molar refractivity (Wildman–Crippen MR) is 173 cm³/mol. The number of halogens is 2. The molecule has 0 radical (unpaired) electrons. The van der Waals surface area contributed by atoms with E-state index in [1.54, 1.807) is 24.3 Å². The molecule has 4 rings (SSSR count). The number of anilines is 1. The molecule has 0 bridgehead atoms. The third-order valence-corrected chi connectivity index (χ3v) is 8.51. The molecule has 13 heteroatoms. The maximum absolute atomic E-state index is 12.3. The molecule has 230 valence electrons. The lowest BCUT2D eigenvalue weighted by atomic mass is 9.77. The van der Waals surface area contributed by atoms with Crippen LogP contribution < -0.4 is 15.5 Å². The van der Waals surface area contributed by atoms with Gasteiger partial charge in [-0.2, -0.15) is 0 Å². The number of benzene rings is 2. The number of hydrogen-bond donors (Lipinski definition) is 5. The minimum absolute atomic E-state index is 0. The van der Waals surface area contributed by atoms with Gasteiger partial charge in [-0.1, -0.05) is 49.4 Å². The van der Waals surface area contributed by atoms with E-state index in [1.165, 1.54) is 0 Å². The van der Waals surface area contributed by atoms with Crippen LogP contribution in [0, 0.1) is 11.3 Å². The van der Waals surface area contributed by atoms with E-state index in [1.807, 2.05) is 37.3 Å². The molecule has 2 atom stereocenters. The average molecular weight is 641 g/mol. The summed E-state index contributed by atoms with van der Waals surface area (Å²) in [5.41, 5.74) is 6.37. The number of carboxylic acids is 1. The van der Waals surface area contributed by atoms with Crippen molar-refractivity contribution >= 4 is 64.1 Å². The Labute approximate surface area is 259 Å². The summed E-state index contributed by atoms with van der Waals surface area (Å²) < 4.78 is 27.1. The van der Waals surface area contributed by atoms with Gasteiger partial charge in [-0.25, -0.2) is 13.9 Å². The zero-order valence-corrected chi connectivity index (χ0v) is 26.1. The highest BCUT2D eigenvalue weighted by Crippen LogP contribution is 2.34. The fourth-order valence-corrected chi connectivity index (χ4v) is 6.26. The van der Waals surface area contributed by atoms with E-state index in [-0.39, 0.29) is 42.3 Å². The summed E-state index contributed by atoms with van der Waals surface area (Å²) in [6.07, 6.45) is 7.38. The van der Waals surface area contributed by atoms with Crippen LogP contribution in [0.4, 0.5) is 5.69 Å². The van der Waals surface area contributed by atoms with Gasteiger partial charge in [-0.15, -0.1) is 24.8 Å². The van der Waals surface area contributed by atoms with Crippen molar-refractivity contribution in [3.05, 3.63) is 59.7 Å². The second-order valence-corrected chi connectivity index (χ2v) is 11.9. The minimum Gasteiger partial charge on any atom is -0.480 e. The quantitative estimate of drug-likeness (QED) is 0.141. The Bertz CT molecular complexity index is 1430. The summed E-state index contributed by atoms with van der Waals surface area (Å²) in [6.45, 7) is 6.39. The van der Waals surface area contributed by atoms with Crippen molar-refractivity contribution in [3.63, 3.8) is 0 Å². The maximum Gasteiger partial charge on any atom is 0.320 e. The maximum atomic E-state index is 12.3. The van der Waals surface area contributed by atoms with Crippen LogP contribution in [-0.4, -0.2) is 62.0 Å². The molecule has 2 heterocycles. The number of aliphatic carboxylic acids is 1. The number of aliphatic imine (C=N–C) groups is 1. The Hall–Kier alpha value is -2.96. The molecule has 0 saturated carbocycles. The predicted octanol–water partition coefficient (Wildman–Crippen LogP) is 4.90. The van der Waals surface area contributed by atoms with Crippen LogP contribution >= 0.6 is 24.8 Å². The first kappa shape index (κ1) is 35.2. The number of sulfonamides is 1. The van der Waals surface area contributed by atoms with Crippen LogP contribution in [0.25, 0.3) is 17.2 Å². The number of carbonyl (C=O) groups is 1. The molecule has 1 fully saturated rings. The van der Waals surface area contributed by atoms with Crippen molar-refractivity contribution in [2.24, 2.45) is 10.9 Å². The Morgan fingerprint density at radius 1 is 1.24 bits per heavy atom. The molecule has 0 spiro atoms. The van der Waals surface area contributed by atoms with Gasteiger partial charge in [0.05, 0.1) is 5.69 Å². The molecule has 2 aliphatic heterocycles. The Morgan fingerprint density at radius 3 is 2.67 bits per heavy atom. The molecular formula is C29H39Cl2N5O5S.